The van der Waals surface area contributed by atoms with Gasteiger partial charge in [0, 0.05) is 26.2 Å². The zero-order valence-corrected chi connectivity index (χ0v) is 11.4. The van der Waals surface area contributed by atoms with Gasteiger partial charge in [-0.25, -0.2) is 4.39 Å². The maximum absolute atomic E-state index is 13.6. The van der Waals surface area contributed by atoms with E-state index in [0.717, 1.165) is 38.4 Å². The Kier molecular flexibility index (Phi) is 4.75. The number of nitriles is 1. The van der Waals surface area contributed by atoms with Crippen LogP contribution in [0.4, 0.5) is 10.1 Å². The number of rotatable bonds is 4. The van der Waals surface area contributed by atoms with E-state index in [4.69, 9.17) is 5.26 Å². The smallest absolute Gasteiger partial charge is 0.143 e. The summed E-state index contributed by atoms with van der Waals surface area (Å²) in [5.41, 5.74) is 0.905. The molecular weight excluding hydrogens is 241 g/mol. The van der Waals surface area contributed by atoms with Crippen LogP contribution < -0.4 is 4.90 Å². The third-order valence-electron chi connectivity index (χ3n) is 3.64. The first-order valence-corrected chi connectivity index (χ1v) is 6.92. The molecule has 3 nitrogen and oxygen atoms in total. The zero-order valence-electron chi connectivity index (χ0n) is 11.4. The Morgan fingerprint density at radius 2 is 2.00 bits per heavy atom. The molecule has 0 atom stereocenters. The summed E-state index contributed by atoms with van der Waals surface area (Å²) in [5.74, 6) is -0.423. The highest BCUT2D eigenvalue weighted by Gasteiger charge is 2.20. The summed E-state index contributed by atoms with van der Waals surface area (Å²) in [4.78, 5) is 4.55. The van der Waals surface area contributed by atoms with E-state index in [-0.39, 0.29) is 5.56 Å². The Hall–Kier alpha value is -1.60. The molecular formula is C15H20FN3. The quantitative estimate of drug-likeness (QED) is 0.834. The highest BCUT2D eigenvalue weighted by molar-refractivity contribution is 5.60. The van der Waals surface area contributed by atoms with E-state index < -0.39 is 5.82 Å². The van der Waals surface area contributed by atoms with Crippen molar-refractivity contribution in [3.63, 3.8) is 0 Å². The largest absolute Gasteiger partial charge is 0.368 e. The van der Waals surface area contributed by atoms with Gasteiger partial charge in [-0.2, -0.15) is 5.26 Å². The van der Waals surface area contributed by atoms with Crippen LogP contribution in [0, 0.1) is 17.1 Å². The van der Waals surface area contributed by atoms with Crippen LogP contribution in [0.2, 0.25) is 0 Å². The fourth-order valence-electron chi connectivity index (χ4n) is 2.48. The molecule has 1 heterocycles. The Balaban J connectivity index is 2.02. The molecule has 1 saturated heterocycles. The van der Waals surface area contributed by atoms with Crippen molar-refractivity contribution >= 4 is 5.69 Å². The van der Waals surface area contributed by atoms with E-state index in [0.29, 0.717) is 0 Å². The predicted molar refractivity (Wildman–Crippen MR) is 74.7 cm³/mol. The van der Waals surface area contributed by atoms with Crippen molar-refractivity contribution in [2.75, 3.05) is 37.6 Å². The summed E-state index contributed by atoms with van der Waals surface area (Å²) in [6.45, 7) is 7.03. The maximum atomic E-state index is 13.6. The lowest BCUT2D eigenvalue weighted by atomic mass is 10.1. The molecule has 1 fully saturated rings. The van der Waals surface area contributed by atoms with Crippen molar-refractivity contribution in [2.24, 2.45) is 0 Å². The molecule has 0 radical (unpaired) electrons. The standard InChI is InChI=1S/C15H20FN3/c1-2-3-7-18-8-10-19(11-9-18)15-6-4-5-14(16)13(15)12-17/h4-6H,2-3,7-11H2,1H3. The van der Waals surface area contributed by atoms with Crippen LogP contribution in [0.5, 0.6) is 0 Å². The van der Waals surface area contributed by atoms with Gasteiger partial charge in [0.05, 0.1) is 5.69 Å². The average Bonchev–Trinajstić information content (AvgIpc) is 2.45. The molecule has 4 heteroatoms. The predicted octanol–water partition coefficient (Wildman–Crippen LogP) is 2.62. The van der Waals surface area contributed by atoms with E-state index in [2.05, 4.69) is 16.7 Å². The van der Waals surface area contributed by atoms with Crippen LogP contribution in [0.15, 0.2) is 18.2 Å². The molecule has 1 aliphatic heterocycles. The van der Waals surface area contributed by atoms with Crippen LogP contribution in [0.3, 0.4) is 0 Å². The van der Waals surface area contributed by atoms with E-state index in [9.17, 15) is 4.39 Å². The summed E-state index contributed by atoms with van der Waals surface area (Å²) in [6, 6.07) is 6.84. The number of halogens is 1. The van der Waals surface area contributed by atoms with Gasteiger partial charge in [0.2, 0.25) is 0 Å². The number of nitrogens with zero attached hydrogens (tertiary/aromatic N) is 3. The van der Waals surface area contributed by atoms with Crippen LogP contribution in [-0.4, -0.2) is 37.6 Å². The normalized spacial score (nSPS) is 16.4. The number of piperazine rings is 1. The molecule has 0 aromatic heterocycles. The molecule has 1 aliphatic rings. The Labute approximate surface area is 114 Å². The topological polar surface area (TPSA) is 30.3 Å². The van der Waals surface area contributed by atoms with Gasteiger partial charge in [-0.05, 0) is 25.1 Å². The Bertz CT molecular complexity index is 459. The van der Waals surface area contributed by atoms with E-state index >= 15 is 0 Å². The van der Waals surface area contributed by atoms with Gasteiger partial charge in [0.25, 0.3) is 0 Å². The molecule has 0 spiro atoms. The number of unbranched alkanes of at least 4 members (excludes halogenated alkanes) is 1. The van der Waals surface area contributed by atoms with Gasteiger partial charge in [-0.1, -0.05) is 19.4 Å². The molecule has 1 aromatic carbocycles. The average molecular weight is 261 g/mol. The third kappa shape index (κ3) is 3.24. The lowest BCUT2D eigenvalue weighted by Gasteiger charge is -2.36. The minimum atomic E-state index is -0.423. The van der Waals surface area contributed by atoms with Crippen LogP contribution in [0.25, 0.3) is 0 Å². The SMILES string of the molecule is CCCCN1CCN(c2cccc(F)c2C#N)CC1. The van der Waals surface area contributed by atoms with Gasteiger partial charge >= 0.3 is 0 Å². The second-order valence-corrected chi connectivity index (χ2v) is 4.93. The minimum absolute atomic E-state index is 0.171. The summed E-state index contributed by atoms with van der Waals surface area (Å²) < 4.78 is 13.6. The molecule has 2 rings (SSSR count). The number of benzene rings is 1. The molecule has 0 saturated carbocycles. The molecule has 1 aromatic rings. The van der Waals surface area contributed by atoms with Gasteiger partial charge in [-0.3, -0.25) is 4.90 Å². The van der Waals surface area contributed by atoms with E-state index in [1.165, 1.54) is 18.9 Å². The Morgan fingerprint density at radius 3 is 2.63 bits per heavy atom. The highest BCUT2D eigenvalue weighted by Crippen LogP contribution is 2.23. The fraction of sp³-hybridized carbons (Fsp3) is 0.533. The summed E-state index contributed by atoms with van der Waals surface area (Å²) >= 11 is 0. The van der Waals surface area contributed by atoms with Gasteiger partial charge in [-0.15, -0.1) is 0 Å². The fourth-order valence-corrected chi connectivity index (χ4v) is 2.48. The van der Waals surface area contributed by atoms with Crippen molar-refractivity contribution < 1.29 is 4.39 Å². The first-order valence-electron chi connectivity index (χ1n) is 6.92. The highest BCUT2D eigenvalue weighted by atomic mass is 19.1. The van der Waals surface area contributed by atoms with Crippen LogP contribution >= 0.6 is 0 Å². The van der Waals surface area contributed by atoms with Crippen molar-refractivity contribution in [3.8, 4) is 6.07 Å². The maximum Gasteiger partial charge on any atom is 0.143 e. The lowest BCUT2D eigenvalue weighted by Crippen LogP contribution is -2.46. The first-order chi connectivity index (χ1) is 9.26. The summed E-state index contributed by atoms with van der Waals surface area (Å²) in [6.07, 6.45) is 2.44. The Morgan fingerprint density at radius 1 is 1.26 bits per heavy atom. The monoisotopic (exact) mass is 261 g/mol. The number of anilines is 1. The molecule has 0 N–H and O–H groups in total. The van der Waals surface area contributed by atoms with E-state index in [1.54, 1.807) is 6.07 Å². The van der Waals surface area contributed by atoms with Gasteiger partial charge in [0.15, 0.2) is 0 Å². The van der Waals surface area contributed by atoms with Gasteiger partial charge in [0.1, 0.15) is 17.4 Å². The lowest BCUT2D eigenvalue weighted by molar-refractivity contribution is 0.254. The minimum Gasteiger partial charge on any atom is -0.368 e. The number of hydrogen-bond acceptors (Lipinski definition) is 3. The summed E-state index contributed by atoms with van der Waals surface area (Å²) in [5, 5.41) is 9.07. The summed E-state index contributed by atoms with van der Waals surface area (Å²) in [7, 11) is 0. The molecule has 0 amide bonds. The van der Waals surface area contributed by atoms with E-state index in [1.807, 2.05) is 12.1 Å². The molecule has 0 unspecified atom stereocenters. The van der Waals surface area contributed by atoms with Crippen LogP contribution in [0.1, 0.15) is 25.3 Å². The third-order valence-corrected chi connectivity index (χ3v) is 3.64. The zero-order chi connectivity index (χ0) is 13.7. The molecule has 19 heavy (non-hydrogen) atoms. The van der Waals surface area contributed by atoms with Gasteiger partial charge < -0.3 is 4.90 Å². The van der Waals surface area contributed by atoms with Crippen molar-refractivity contribution in [1.29, 1.82) is 5.26 Å². The van der Waals surface area contributed by atoms with Crippen molar-refractivity contribution in [1.82, 2.24) is 4.90 Å². The molecule has 0 bridgehead atoms. The first kappa shape index (κ1) is 13.8. The second kappa shape index (κ2) is 6.53. The number of hydrogen-bond donors (Lipinski definition) is 0. The van der Waals surface area contributed by atoms with Crippen LogP contribution in [-0.2, 0) is 0 Å². The van der Waals surface area contributed by atoms with Crippen molar-refractivity contribution in [3.05, 3.63) is 29.6 Å². The molecule has 102 valence electrons. The molecule has 0 aliphatic carbocycles. The van der Waals surface area contributed by atoms with Crippen molar-refractivity contribution in [2.45, 2.75) is 19.8 Å². The second-order valence-electron chi connectivity index (χ2n) is 4.93.